The van der Waals surface area contributed by atoms with Crippen LogP contribution in [-0.4, -0.2) is 22.1 Å². The molecule has 0 saturated carbocycles. The third-order valence-electron chi connectivity index (χ3n) is 4.67. The standard InChI is InChI=1S/C19H27N3/c1-15(10-11-17-7-4-3-5-8-17)20-13-18-9-6-12-22-14-16(2)21-19(18)22/h3-5,7-8,14-15,18,20H,6,9-13H2,1-2H3/t15-,18+/m0/s1. The Morgan fingerprint density at radius 2 is 2.14 bits per heavy atom. The van der Waals surface area contributed by atoms with Gasteiger partial charge in [-0.15, -0.1) is 0 Å². The highest BCUT2D eigenvalue weighted by atomic mass is 15.1. The maximum absolute atomic E-state index is 4.73. The number of rotatable bonds is 6. The lowest BCUT2D eigenvalue weighted by molar-refractivity contribution is 0.399. The van der Waals surface area contributed by atoms with Gasteiger partial charge < -0.3 is 9.88 Å². The van der Waals surface area contributed by atoms with Gasteiger partial charge in [0.15, 0.2) is 0 Å². The van der Waals surface area contributed by atoms with Gasteiger partial charge in [-0.3, -0.25) is 0 Å². The molecular formula is C19H27N3. The van der Waals surface area contributed by atoms with Crippen LogP contribution in [0.2, 0.25) is 0 Å². The number of nitrogens with one attached hydrogen (secondary N) is 1. The zero-order chi connectivity index (χ0) is 15.4. The first-order valence-electron chi connectivity index (χ1n) is 8.53. The molecule has 22 heavy (non-hydrogen) atoms. The molecule has 0 amide bonds. The van der Waals surface area contributed by atoms with E-state index in [1.54, 1.807) is 0 Å². The Labute approximate surface area is 133 Å². The highest BCUT2D eigenvalue weighted by molar-refractivity contribution is 5.15. The molecule has 0 radical (unpaired) electrons. The lowest BCUT2D eigenvalue weighted by Gasteiger charge is -2.25. The molecule has 118 valence electrons. The molecule has 0 spiro atoms. The van der Waals surface area contributed by atoms with Gasteiger partial charge in [-0.05, 0) is 45.1 Å². The summed E-state index contributed by atoms with van der Waals surface area (Å²) >= 11 is 0. The molecule has 2 atom stereocenters. The number of benzene rings is 1. The van der Waals surface area contributed by atoms with Gasteiger partial charge in [0.25, 0.3) is 0 Å². The Morgan fingerprint density at radius 1 is 1.32 bits per heavy atom. The number of hydrogen-bond acceptors (Lipinski definition) is 2. The van der Waals surface area contributed by atoms with Crippen molar-refractivity contribution in [2.75, 3.05) is 6.54 Å². The van der Waals surface area contributed by atoms with Gasteiger partial charge in [-0.1, -0.05) is 30.3 Å². The van der Waals surface area contributed by atoms with Crippen LogP contribution in [0.3, 0.4) is 0 Å². The normalized spacial score (nSPS) is 18.9. The van der Waals surface area contributed by atoms with Crippen LogP contribution in [0.5, 0.6) is 0 Å². The molecule has 0 fully saturated rings. The quantitative estimate of drug-likeness (QED) is 0.881. The fourth-order valence-corrected chi connectivity index (χ4v) is 3.37. The lowest BCUT2D eigenvalue weighted by Crippen LogP contribution is -2.33. The van der Waals surface area contributed by atoms with Crippen molar-refractivity contribution in [3.05, 3.63) is 53.6 Å². The molecular weight excluding hydrogens is 270 g/mol. The SMILES string of the molecule is Cc1cn2c(n1)[C@@H](CN[C@@H](C)CCc1ccccc1)CCC2. The number of hydrogen-bond donors (Lipinski definition) is 1. The zero-order valence-electron chi connectivity index (χ0n) is 13.8. The van der Waals surface area contributed by atoms with Crippen LogP contribution in [-0.2, 0) is 13.0 Å². The van der Waals surface area contributed by atoms with Crippen molar-refractivity contribution in [3.8, 4) is 0 Å². The van der Waals surface area contributed by atoms with Crippen LogP contribution >= 0.6 is 0 Å². The second kappa shape index (κ2) is 7.10. The molecule has 0 saturated heterocycles. The molecule has 1 aliphatic heterocycles. The Hall–Kier alpha value is -1.61. The van der Waals surface area contributed by atoms with E-state index >= 15 is 0 Å². The fraction of sp³-hybridized carbons (Fsp3) is 0.526. The monoisotopic (exact) mass is 297 g/mol. The van der Waals surface area contributed by atoms with Crippen molar-refractivity contribution in [3.63, 3.8) is 0 Å². The molecule has 0 unspecified atom stereocenters. The van der Waals surface area contributed by atoms with Gasteiger partial charge in [0.05, 0.1) is 5.69 Å². The van der Waals surface area contributed by atoms with Crippen LogP contribution in [0.15, 0.2) is 36.5 Å². The first kappa shape index (κ1) is 15.3. The topological polar surface area (TPSA) is 29.9 Å². The molecule has 1 aliphatic rings. The second-order valence-electron chi connectivity index (χ2n) is 6.61. The summed E-state index contributed by atoms with van der Waals surface area (Å²) in [5.41, 5.74) is 2.58. The minimum atomic E-state index is 0.548. The van der Waals surface area contributed by atoms with Gasteiger partial charge in [0, 0.05) is 31.2 Å². The molecule has 2 aromatic rings. The summed E-state index contributed by atoms with van der Waals surface area (Å²) in [7, 11) is 0. The van der Waals surface area contributed by atoms with Crippen molar-refractivity contribution < 1.29 is 0 Å². The Morgan fingerprint density at radius 3 is 2.95 bits per heavy atom. The van der Waals surface area contributed by atoms with Gasteiger partial charge >= 0.3 is 0 Å². The summed E-state index contributed by atoms with van der Waals surface area (Å²) in [4.78, 5) is 4.73. The van der Waals surface area contributed by atoms with Gasteiger partial charge in [-0.25, -0.2) is 4.98 Å². The van der Waals surface area contributed by atoms with Crippen LogP contribution in [0.4, 0.5) is 0 Å². The molecule has 1 aromatic heterocycles. The van der Waals surface area contributed by atoms with Crippen molar-refractivity contribution in [1.82, 2.24) is 14.9 Å². The predicted molar refractivity (Wildman–Crippen MR) is 91.2 cm³/mol. The van der Waals surface area contributed by atoms with E-state index in [4.69, 9.17) is 4.98 Å². The van der Waals surface area contributed by atoms with E-state index in [0.717, 1.165) is 25.2 Å². The van der Waals surface area contributed by atoms with Crippen molar-refractivity contribution in [2.24, 2.45) is 0 Å². The summed E-state index contributed by atoms with van der Waals surface area (Å²) in [5.74, 6) is 1.85. The number of fused-ring (bicyclic) bond motifs is 1. The van der Waals surface area contributed by atoms with Crippen molar-refractivity contribution >= 4 is 0 Å². The average molecular weight is 297 g/mol. The van der Waals surface area contributed by atoms with Gasteiger partial charge in [0.2, 0.25) is 0 Å². The van der Waals surface area contributed by atoms with E-state index in [1.807, 2.05) is 0 Å². The van der Waals surface area contributed by atoms with E-state index in [1.165, 1.54) is 30.7 Å². The van der Waals surface area contributed by atoms with E-state index in [2.05, 4.69) is 60.3 Å². The fourth-order valence-electron chi connectivity index (χ4n) is 3.37. The van der Waals surface area contributed by atoms with Crippen LogP contribution in [0.1, 0.15) is 49.2 Å². The maximum Gasteiger partial charge on any atom is 0.113 e. The molecule has 2 heterocycles. The first-order chi connectivity index (χ1) is 10.7. The molecule has 1 aromatic carbocycles. The number of aromatic nitrogens is 2. The molecule has 1 N–H and O–H groups in total. The zero-order valence-corrected chi connectivity index (χ0v) is 13.8. The summed E-state index contributed by atoms with van der Waals surface area (Å²) in [6.45, 7) is 6.57. The van der Waals surface area contributed by atoms with Crippen LogP contribution in [0, 0.1) is 6.92 Å². The number of imidazole rings is 1. The molecule has 0 bridgehead atoms. The highest BCUT2D eigenvalue weighted by Gasteiger charge is 2.22. The maximum atomic E-state index is 4.73. The summed E-state index contributed by atoms with van der Waals surface area (Å²) < 4.78 is 2.35. The molecule has 3 rings (SSSR count). The number of nitrogens with zero attached hydrogens (tertiary/aromatic N) is 2. The highest BCUT2D eigenvalue weighted by Crippen LogP contribution is 2.26. The molecule has 0 aliphatic carbocycles. The smallest absolute Gasteiger partial charge is 0.113 e. The van der Waals surface area contributed by atoms with Gasteiger partial charge in [-0.2, -0.15) is 0 Å². The Kier molecular flexibility index (Phi) is 4.94. The van der Waals surface area contributed by atoms with Gasteiger partial charge in [0.1, 0.15) is 5.82 Å². The summed E-state index contributed by atoms with van der Waals surface area (Å²) in [6.07, 6.45) is 7.06. The minimum Gasteiger partial charge on any atom is -0.334 e. The largest absolute Gasteiger partial charge is 0.334 e. The third kappa shape index (κ3) is 3.77. The molecule has 3 nitrogen and oxygen atoms in total. The Bertz CT molecular complexity index is 588. The third-order valence-corrected chi connectivity index (χ3v) is 4.67. The first-order valence-corrected chi connectivity index (χ1v) is 8.53. The predicted octanol–water partition coefficient (Wildman–Crippen LogP) is 3.68. The van der Waals surface area contributed by atoms with Crippen LogP contribution in [0.25, 0.3) is 0 Å². The Balaban J connectivity index is 1.48. The van der Waals surface area contributed by atoms with E-state index in [-0.39, 0.29) is 0 Å². The second-order valence-corrected chi connectivity index (χ2v) is 6.61. The van der Waals surface area contributed by atoms with E-state index in [9.17, 15) is 0 Å². The number of aryl methyl sites for hydroxylation is 3. The summed E-state index contributed by atoms with van der Waals surface area (Å²) in [5, 5.41) is 3.72. The van der Waals surface area contributed by atoms with Crippen molar-refractivity contribution in [1.29, 1.82) is 0 Å². The summed E-state index contributed by atoms with van der Waals surface area (Å²) in [6, 6.07) is 11.3. The minimum absolute atomic E-state index is 0.548. The molecule has 3 heteroatoms. The lowest BCUT2D eigenvalue weighted by atomic mass is 9.98. The van der Waals surface area contributed by atoms with Crippen molar-refractivity contribution in [2.45, 2.75) is 58.0 Å². The average Bonchev–Trinajstić information content (AvgIpc) is 2.92. The van der Waals surface area contributed by atoms with E-state index in [0.29, 0.717) is 12.0 Å². The van der Waals surface area contributed by atoms with E-state index < -0.39 is 0 Å². The van der Waals surface area contributed by atoms with Crippen LogP contribution < -0.4 is 5.32 Å².